The van der Waals surface area contributed by atoms with Crippen molar-refractivity contribution in [2.75, 3.05) is 0 Å². The number of Topliss-reactive ketones (excluding diaryl/α,β-unsaturated/α-hetero) is 1. The number of hydrogen-bond donors (Lipinski definition) is 0. The van der Waals surface area contributed by atoms with Crippen molar-refractivity contribution in [3.8, 4) is 0 Å². The Labute approximate surface area is 103 Å². The monoisotopic (exact) mass is 277 g/mol. The third-order valence-corrected chi connectivity index (χ3v) is 2.99. The average Bonchev–Trinajstić information content (AvgIpc) is 2.69. The van der Waals surface area contributed by atoms with Gasteiger partial charge < -0.3 is 4.57 Å². The second kappa shape index (κ2) is 4.66. The number of aromatic nitrogens is 1. The predicted octanol–water partition coefficient (Wildman–Crippen LogP) is 3.50. The van der Waals surface area contributed by atoms with Crippen molar-refractivity contribution in [3.63, 3.8) is 0 Å². The molecule has 0 unspecified atom stereocenters. The van der Waals surface area contributed by atoms with Crippen LogP contribution in [0.25, 0.3) is 0 Å². The van der Waals surface area contributed by atoms with E-state index >= 15 is 0 Å². The fourth-order valence-electron chi connectivity index (χ4n) is 1.66. The molecule has 2 nitrogen and oxygen atoms in total. The zero-order valence-electron chi connectivity index (χ0n) is 8.98. The molecule has 0 atom stereocenters. The molecule has 82 valence electrons. The van der Waals surface area contributed by atoms with Crippen molar-refractivity contribution in [3.05, 3.63) is 58.3 Å². The van der Waals surface area contributed by atoms with Crippen LogP contribution in [0.1, 0.15) is 23.0 Å². The lowest BCUT2D eigenvalue weighted by Crippen LogP contribution is -2.06. The van der Waals surface area contributed by atoms with Gasteiger partial charge in [-0.3, -0.25) is 4.79 Å². The van der Waals surface area contributed by atoms with Gasteiger partial charge in [-0.25, -0.2) is 0 Å². The summed E-state index contributed by atoms with van der Waals surface area (Å²) in [7, 11) is 0. The van der Waals surface area contributed by atoms with Gasteiger partial charge in [-0.05, 0) is 29.8 Å². The molecular formula is C13H12BrNO. The first-order chi connectivity index (χ1) is 7.66. The number of benzene rings is 1. The van der Waals surface area contributed by atoms with Crippen LogP contribution in [0.4, 0.5) is 0 Å². The molecule has 2 rings (SSSR count). The number of carbonyl (C=O) groups excluding carboxylic acids is 1. The SMILES string of the molecule is CC(=O)c1cccn1Cc1ccc(Br)cc1. The van der Waals surface area contributed by atoms with Gasteiger partial charge in [0, 0.05) is 24.1 Å². The van der Waals surface area contributed by atoms with Crippen molar-refractivity contribution in [1.29, 1.82) is 0 Å². The summed E-state index contributed by atoms with van der Waals surface area (Å²) in [5.74, 6) is 0.0992. The van der Waals surface area contributed by atoms with E-state index in [4.69, 9.17) is 0 Å². The molecule has 0 fully saturated rings. The maximum atomic E-state index is 11.3. The molecular weight excluding hydrogens is 266 g/mol. The molecule has 0 N–H and O–H groups in total. The van der Waals surface area contributed by atoms with Crippen LogP contribution in [0.15, 0.2) is 47.1 Å². The van der Waals surface area contributed by atoms with Crippen LogP contribution in [-0.4, -0.2) is 10.4 Å². The minimum atomic E-state index is 0.0992. The van der Waals surface area contributed by atoms with Gasteiger partial charge in [0.15, 0.2) is 5.78 Å². The van der Waals surface area contributed by atoms with Crippen LogP contribution in [0.2, 0.25) is 0 Å². The lowest BCUT2D eigenvalue weighted by Gasteiger charge is -2.07. The number of hydrogen-bond acceptors (Lipinski definition) is 1. The van der Waals surface area contributed by atoms with Crippen LogP contribution >= 0.6 is 15.9 Å². The van der Waals surface area contributed by atoms with Gasteiger partial charge in [0.25, 0.3) is 0 Å². The number of carbonyl (C=O) groups is 1. The first kappa shape index (κ1) is 11.1. The molecule has 0 radical (unpaired) electrons. The zero-order valence-corrected chi connectivity index (χ0v) is 10.6. The van der Waals surface area contributed by atoms with Gasteiger partial charge in [-0.15, -0.1) is 0 Å². The minimum Gasteiger partial charge on any atom is -0.341 e. The van der Waals surface area contributed by atoms with E-state index in [0.717, 1.165) is 16.7 Å². The topological polar surface area (TPSA) is 22.0 Å². The van der Waals surface area contributed by atoms with E-state index in [2.05, 4.69) is 15.9 Å². The van der Waals surface area contributed by atoms with Crippen LogP contribution in [0, 0.1) is 0 Å². The first-order valence-electron chi connectivity index (χ1n) is 5.07. The molecule has 0 saturated heterocycles. The fraction of sp³-hybridized carbons (Fsp3) is 0.154. The summed E-state index contributed by atoms with van der Waals surface area (Å²) in [6.07, 6.45) is 1.93. The quantitative estimate of drug-likeness (QED) is 0.787. The predicted molar refractivity (Wildman–Crippen MR) is 67.7 cm³/mol. The van der Waals surface area contributed by atoms with Crippen LogP contribution in [0.3, 0.4) is 0 Å². The van der Waals surface area contributed by atoms with Crippen LogP contribution < -0.4 is 0 Å². The lowest BCUT2D eigenvalue weighted by molar-refractivity contribution is 0.100. The van der Waals surface area contributed by atoms with Crippen molar-refractivity contribution < 1.29 is 4.79 Å². The van der Waals surface area contributed by atoms with Gasteiger partial charge >= 0.3 is 0 Å². The van der Waals surface area contributed by atoms with E-state index in [1.54, 1.807) is 6.92 Å². The summed E-state index contributed by atoms with van der Waals surface area (Å²) >= 11 is 3.40. The maximum absolute atomic E-state index is 11.3. The summed E-state index contributed by atoms with van der Waals surface area (Å²) < 4.78 is 3.03. The Morgan fingerprint density at radius 1 is 1.25 bits per heavy atom. The van der Waals surface area contributed by atoms with Crippen LogP contribution in [-0.2, 0) is 6.54 Å². The second-order valence-corrected chi connectivity index (χ2v) is 4.62. The minimum absolute atomic E-state index is 0.0992. The standard InChI is InChI=1S/C13H12BrNO/c1-10(16)13-3-2-8-15(13)9-11-4-6-12(14)7-5-11/h2-8H,9H2,1H3. The highest BCUT2D eigenvalue weighted by atomic mass is 79.9. The molecule has 0 aliphatic carbocycles. The molecule has 0 bridgehead atoms. The lowest BCUT2D eigenvalue weighted by atomic mass is 10.2. The summed E-state index contributed by atoms with van der Waals surface area (Å²) in [6, 6.07) is 11.9. The molecule has 0 amide bonds. The van der Waals surface area contributed by atoms with Gasteiger partial charge in [-0.1, -0.05) is 28.1 Å². The van der Waals surface area contributed by atoms with Crippen molar-refractivity contribution in [2.45, 2.75) is 13.5 Å². The summed E-state index contributed by atoms with van der Waals surface area (Å²) in [6.45, 7) is 2.32. The van der Waals surface area contributed by atoms with Crippen molar-refractivity contribution in [2.24, 2.45) is 0 Å². The van der Waals surface area contributed by atoms with E-state index in [1.807, 2.05) is 47.2 Å². The highest BCUT2D eigenvalue weighted by Crippen LogP contribution is 2.13. The molecule has 0 aliphatic rings. The normalized spacial score (nSPS) is 10.4. The fourth-order valence-corrected chi connectivity index (χ4v) is 1.92. The Morgan fingerprint density at radius 2 is 1.94 bits per heavy atom. The summed E-state index contributed by atoms with van der Waals surface area (Å²) in [4.78, 5) is 11.3. The molecule has 0 aliphatic heterocycles. The first-order valence-corrected chi connectivity index (χ1v) is 5.86. The molecule has 3 heteroatoms. The van der Waals surface area contributed by atoms with E-state index in [1.165, 1.54) is 5.56 Å². The highest BCUT2D eigenvalue weighted by molar-refractivity contribution is 9.10. The molecule has 1 aromatic carbocycles. The Hall–Kier alpha value is -1.35. The van der Waals surface area contributed by atoms with Crippen molar-refractivity contribution >= 4 is 21.7 Å². The van der Waals surface area contributed by atoms with Gasteiger partial charge in [0.2, 0.25) is 0 Å². The van der Waals surface area contributed by atoms with E-state index in [0.29, 0.717) is 0 Å². The molecule has 1 aromatic heterocycles. The number of nitrogens with zero attached hydrogens (tertiary/aromatic N) is 1. The Bertz CT molecular complexity index is 499. The van der Waals surface area contributed by atoms with Gasteiger partial charge in [0.05, 0.1) is 5.69 Å². The molecule has 0 spiro atoms. The molecule has 16 heavy (non-hydrogen) atoms. The van der Waals surface area contributed by atoms with Gasteiger partial charge in [-0.2, -0.15) is 0 Å². The third kappa shape index (κ3) is 2.42. The number of rotatable bonds is 3. The zero-order chi connectivity index (χ0) is 11.5. The van der Waals surface area contributed by atoms with Crippen LogP contribution in [0.5, 0.6) is 0 Å². The molecule has 1 heterocycles. The average molecular weight is 278 g/mol. The third-order valence-electron chi connectivity index (χ3n) is 2.46. The molecule has 0 saturated carbocycles. The van der Waals surface area contributed by atoms with E-state index < -0.39 is 0 Å². The van der Waals surface area contributed by atoms with E-state index in [9.17, 15) is 4.79 Å². The Morgan fingerprint density at radius 3 is 2.56 bits per heavy atom. The van der Waals surface area contributed by atoms with Crippen molar-refractivity contribution in [1.82, 2.24) is 4.57 Å². The Balaban J connectivity index is 2.23. The molecule has 2 aromatic rings. The summed E-state index contributed by atoms with van der Waals surface area (Å²) in [5.41, 5.74) is 1.94. The maximum Gasteiger partial charge on any atom is 0.176 e. The van der Waals surface area contributed by atoms with E-state index in [-0.39, 0.29) is 5.78 Å². The highest BCUT2D eigenvalue weighted by Gasteiger charge is 2.05. The Kier molecular flexibility index (Phi) is 3.25. The van der Waals surface area contributed by atoms with Gasteiger partial charge in [0.1, 0.15) is 0 Å². The largest absolute Gasteiger partial charge is 0.341 e. The number of ketones is 1. The number of halogens is 1. The second-order valence-electron chi connectivity index (χ2n) is 3.70. The smallest absolute Gasteiger partial charge is 0.176 e. The summed E-state index contributed by atoms with van der Waals surface area (Å²) in [5, 5.41) is 0.